The fourth-order valence-corrected chi connectivity index (χ4v) is 2.46. The Balaban J connectivity index is 0.000000158. The van der Waals surface area contributed by atoms with E-state index < -0.39 is 0 Å². The Labute approximate surface area is 143 Å². The van der Waals surface area contributed by atoms with Gasteiger partial charge < -0.3 is 0 Å². The van der Waals surface area contributed by atoms with Crippen LogP contribution >= 0.6 is 0 Å². The topological polar surface area (TPSA) is 34.6 Å². The van der Waals surface area contributed by atoms with E-state index in [0.29, 0.717) is 0 Å². The number of aromatic nitrogens is 4. The fourth-order valence-electron chi connectivity index (χ4n) is 2.46. The normalized spacial score (nSPS) is 10.1. The van der Waals surface area contributed by atoms with E-state index in [9.17, 15) is 0 Å². The van der Waals surface area contributed by atoms with Crippen LogP contribution in [0.2, 0.25) is 0 Å². The Morgan fingerprint density at radius 1 is 0.708 bits per heavy atom. The molecule has 24 heavy (non-hydrogen) atoms. The van der Waals surface area contributed by atoms with E-state index in [4.69, 9.17) is 0 Å². The summed E-state index contributed by atoms with van der Waals surface area (Å²) in [6.45, 7) is 12.2. The molecule has 0 saturated carbocycles. The van der Waals surface area contributed by atoms with Crippen molar-refractivity contribution in [2.75, 3.05) is 0 Å². The number of hydrogen-bond donors (Lipinski definition) is 0. The summed E-state index contributed by atoms with van der Waals surface area (Å²) < 4.78 is 3.80. The number of hydrogen-bond acceptors (Lipinski definition) is 2. The molecule has 0 spiro atoms. The van der Waals surface area contributed by atoms with Crippen molar-refractivity contribution < 1.29 is 0 Å². The van der Waals surface area contributed by atoms with Crippen molar-refractivity contribution in [1.82, 2.24) is 19.2 Å². The first-order valence-electron chi connectivity index (χ1n) is 8.35. The third-order valence-corrected chi connectivity index (χ3v) is 3.45. The minimum Gasteiger partial charge on any atom is -0.241 e. The van der Waals surface area contributed by atoms with Gasteiger partial charge in [-0.15, -0.1) is 0 Å². The molecule has 0 bridgehead atoms. The van der Waals surface area contributed by atoms with Crippen LogP contribution in [0.15, 0.2) is 48.9 Å². The van der Waals surface area contributed by atoms with E-state index in [1.165, 1.54) is 22.2 Å². The van der Waals surface area contributed by atoms with E-state index in [-0.39, 0.29) is 0 Å². The molecule has 0 radical (unpaired) electrons. The highest BCUT2D eigenvalue weighted by Crippen LogP contribution is 2.08. The molecular weight excluding hydrogens is 296 g/mol. The Morgan fingerprint density at radius 3 is 2.00 bits per heavy atom. The Hall–Kier alpha value is -2.62. The molecule has 4 rings (SSSR count). The van der Waals surface area contributed by atoms with Crippen molar-refractivity contribution >= 4 is 11.0 Å². The van der Waals surface area contributed by atoms with E-state index >= 15 is 0 Å². The summed E-state index contributed by atoms with van der Waals surface area (Å²) in [7, 11) is 0. The highest BCUT2D eigenvalue weighted by atomic mass is 15.2. The van der Waals surface area contributed by atoms with E-state index in [1.54, 1.807) is 0 Å². The summed E-state index contributed by atoms with van der Waals surface area (Å²) in [5.41, 5.74) is 7.09. The molecule has 4 heteroatoms. The van der Waals surface area contributed by atoms with Gasteiger partial charge in [-0.1, -0.05) is 13.8 Å². The molecule has 4 nitrogen and oxygen atoms in total. The van der Waals surface area contributed by atoms with Gasteiger partial charge in [0.05, 0.1) is 22.9 Å². The van der Waals surface area contributed by atoms with Crippen LogP contribution in [0, 0.1) is 27.7 Å². The molecule has 4 aromatic heterocycles. The molecule has 0 saturated heterocycles. The lowest BCUT2D eigenvalue weighted by Gasteiger charge is -1.93. The second-order valence-electron chi connectivity index (χ2n) is 5.78. The predicted molar refractivity (Wildman–Crippen MR) is 101 cm³/mol. The van der Waals surface area contributed by atoms with Crippen LogP contribution in [0.4, 0.5) is 0 Å². The van der Waals surface area contributed by atoms with Gasteiger partial charge in [0.1, 0.15) is 0 Å². The second-order valence-corrected chi connectivity index (χ2v) is 5.78. The maximum Gasteiger partial charge on any atom is 0.0652 e. The van der Waals surface area contributed by atoms with Gasteiger partial charge >= 0.3 is 0 Å². The lowest BCUT2D eigenvalue weighted by molar-refractivity contribution is 0.903. The van der Waals surface area contributed by atoms with Crippen molar-refractivity contribution in [3.63, 3.8) is 0 Å². The van der Waals surface area contributed by atoms with Gasteiger partial charge in [-0.05, 0) is 74.7 Å². The average Bonchev–Trinajstić information content (AvgIpc) is 3.09. The lowest BCUT2D eigenvalue weighted by Crippen LogP contribution is -1.90. The molecule has 4 aromatic rings. The van der Waals surface area contributed by atoms with Crippen LogP contribution in [0.25, 0.3) is 11.0 Å². The SMILES string of the molecule is CC.Cc1cc2ccc(C)nn2c1.Cc1cnn2cc(C)cc2c1. The molecular formula is C20H26N4. The van der Waals surface area contributed by atoms with Gasteiger partial charge in [0.2, 0.25) is 0 Å². The number of aryl methyl sites for hydroxylation is 4. The minimum absolute atomic E-state index is 1.05. The molecule has 126 valence electrons. The van der Waals surface area contributed by atoms with Gasteiger partial charge in [0.25, 0.3) is 0 Å². The fraction of sp³-hybridized carbons (Fsp3) is 0.300. The van der Waals surface area contributed by atoms with Gasteiger partial charge in [-0.25, -0.2) is 9.03 Å². The molecule has 0 aliphatic carbocycles. The average molecular weight is 322 g/mol. The molecule has 0 aliphatic rings. The summed E-state index contributed by atoms with van der Waals surface area (Å²) in [5.74, 6) is 0. The minimum atomic E-state index is 1.05. The summed E-state index contributed by atoms with van der Waals surface area (Å²) in [6, 6.07) is 10.5. The molecule has 0 aliphatic heterocycles. The van der Waals surface area contributed by atoms with Crippen molar-refractivity contribution in [3.8, 4) is 0 Å². The third kappa shape index (κ3) is 4.22. The predicted octanol–water partition coefficient (Wildman–Crippen LogP) is 4.93. The van der Waals surface area contributed by atoms with Crippen LogP contribution in [0.5, 0.6) is 0 Å². The van der Waals surface area contributed by atoms with Crippen LogP contribution in [0.1, 0.15) is 36.2 Å². The number of fused-ring (bicyclic) bond motifs is 2. The summed E-state index contributed by atoms with van der Waals surface area (Å²) in [5, 5.41) is 8.53. The van der Waals surface area contributed by atoms with Gasteiger partial charge in [-0.3, -0.25) is 0 Å². The largest absolute Gasteiger partial charge is 0.241 e. The number of nitrogens with zero attached hydrogens (tertiary/aromatic N) is 4. The summed E-state index contributed by atoms with van der Waals surface area (Å²) >= 11 is 0. The van der Waals surface area contributed by atoms with Crippen molar-refractivity contribution in [2.45, 2.75) is 41.5 Å². The van der Waals surface area contributed by atoms with Crippen LogP contribution in [-0.2, 0) is 0 Å². The van der Waals surface area contributed by atoms with Gasteiger partial charge in [-0.2, -0.15) is 10.2 Å². The van der Waals surface area contributed by atoms with Crippen molar-refractivity contribution in [2.24, 2.45) is 0 Å². The molecule has 0 unspecified atom stereocenters. The smallest absolute Gasteiger partial charge is 0.0652 e. The van der Waals surface area contributed by atoms with E-state index in [2.05, 4.69) is 55.2 Å². The quantitative estimate of drug-likeness (QED) is 0.460. The maximum absolute atomic E-state index is 4.31. The van der Waals surface area contributed by atoms with Gasteiger partial charge in [0, 0.05) is 12.4 Å². The highest BCUT2D eigenvalue weighted by molar-refractivity contribution is 5.50. The maximum atomic E-state index is 4.31. The Morgan fingerprint density at radius 2 is 1.29 bits per heavy atom. The van der Waals surface area contributed by atoms with E-state index in [0.717, 1.165) is 11.2 Å². The second kappa shape index (κ2) is 7.77. The summed E-state index contributed by atoms with van der Waals surface area (Å²) in [6.07, 6.45) is 5.92. The zero-order valence-corrected chi connectivity index (χ0v) is 15.4. The van der Waals surface area contributed by atoms with Gasteiger partial charge in [0.15, 0.2) is 0 Å². The zero-order valence-electron chi connectivity index (χ0n) is 15.4. The van der Waals surface area contributed by atoms with Crippen molar-refractivity contribution in [3.05, 3.63) is 71.3 Å². The molecule has 0 atom stereocenters. The molecule has 0 aromatic carbocycles. The van der Waals surface area contributed by atoms with Crippen LogP contribution in [-0.4, -0.2) is 19.2 Å². The van der Waals surface area contributed by atoms with Crippen LogP contribution in [0.3, 0.4) is 0 Å². The monoisotopic (exact) mass is 322 g/mol. The highest BCUT2D eigenvalue weighted by Gasteiger charge is 1.95. The lowest BCUT2D eigenvalue weighted by atomic mass is 10.3. The third-order valence-electron chi connectivity index (χ3n) is 3.45. The van der Waals surface area contributed by atoms with Crippen molar-refractivity contribution in [1.29, 1.82) is 0 Å². The van der Waals surface area contributed by atoms with E-state index in [1.807, 2.05) is 54.5 Å². The first-order chi connectivity index (χ1) is 11.5. The summed E-state index contributed by atoms with van der Waals surface area (Å²) in [4.78, 5) is 0. The van der Waals surface area contributed by atoms with Crippen LogP contribution < -0.4 is 0 Å². The Kier molecular flexibility index (Phi) is 5.74. The molecule has 0 fully saturated rings. The zero-order chi connectivity index (χ0) is 17.7. The number of rotatable bonds is 0. The standard InChI is InChI=1S/2C9H10N2.C2H6/c1-7-3-9-4-8(2)6-11(9)10-5-7;1-7-5-9-4-3-8(2)10-11(9)6-7;1-2/h2*3-6H,1-2H3;1-2H3. The first-order valence-corrected chi connectivity index (χ1v) is 8.35. The molecule has 4 heterocycles. The first kappa shape index (κ1) is 17.7. The Bertz CT molecular complexity index is 853. The molecule has 0 amide bonds. The molecule has 0 N–H and O–H groups in total.